The minimum Gasteiger partial charge on any atom is -0.375 e. The predicted molar refractivity (Wildman–Crippen MR) is 52.6 cm³/mol. The summed E-state index contributed by atoms with van der Waals surface area (Å²) in [6.45, 7) is 7.75. The predicted octanol–water partition coefficient (Wildman–Crippen LogP) is 2.34. The number of hydrogen-bond acceptors (Lipinski definition) is 2. The summed E-state index contributed by atoms with van der Waals surface area (Å²) in [4.78, 5) is 11.1. The van der Waals surface area contributed by atoms with E-state index < -0.39 is 0 Å². The average molecular weight is 182 g/mol. The van der Waals surface area contributed by atoms with E-state index in [2.05, 4.69) is 6.58 Å². The lowest BCUT2D eigenvalue weighted by atomic mass is 9.75. The number of rotatable bonds is 3. The second kappa shape index (κ2) is 4.05. The molecule has 1 rings (SSSR count). The van der Waals surface area contributed by atoms with E-state index in [0.29, 0.717) is 0 Å². The third kappa shape index (κ3) is 2.41. The van der Waals surface area contributed by atoms with Crippen molar-refractivity contribution in [1.29, 1.82) is 0 Å². The van der Waals surface area contributed by atoms with Crippen LogP contribution in [0.5, 0.6) is 0 Å². The maximum atomic E-state index is 11.1. The summed E-state index contributed by atoms with van der Waals surface area (Å²) in [6, 6.07) is 0. The molecule has 0 N–H and O–H groups in total. The van der Waals surface area contributed by atoms with Gasteiger partial charge in [-0.25, -0.2) is 0 Å². The highest BCUT2D eigenvalue weighted by Crippen LogP contribution is 2.37. The van der Waals surface area contributed by atoms with Gasteiger partial charge in [-0.05, 0) is 33.1 Å². The Balaban J connectivity index is 2.72. The van der Waals surface area contributed by atoms with E-state index in [1.165, 1.54) is 0 Å². The maximum absolute atomic E-state index is 11.1. The third-order valence-corrected chi connectivity index (χ3v) is 2.65. The fraction of sp³-hybridized carbons (Fsp3) is 0.727. The molecule has 2 nitrogen and oxygen atoms in total. The van der Waals surface area contributed by atoms with E-state index in [0.717, 1.165) is 25.5 Å². The molecular formula is C11H18O2. The average Bonchev–Trinajstić information content (AvgIpc) is 2.03. The molecule has 1 aliphatic rings. The number of allylic oxidation sites excluding steroid dienone is 1. The SMILES string of the molecule is C=CCC1(C=O)CC(C)OC(C)C1. The highest BCUT2D eigenvalue weighted by atomic mass is 16.5. The van der Waals surface area contributed by atoms with Gasteiger partial charge in [0.05, 0.1) is 12.2 Å². The Morgan fingerprint density at radius 2 is 2.00 bits per heavy atom. The van der Waals surface area contributed by atoms with Crippen LogP contribution < -0.4 is 0 Å². The van der Waals surface area contributed by atoms with Crippen LogP contribution in [0.4, 0.5) is 0 Å². The minimum atomic E-state index is -0.209. The van der Waals surface area contributed by atoms with Gasteiger partial charge in [-0.15, -0.1) is 6.58 Å². The van der Waals surface area contributed by atoms with Crippen molar-refractivity contribution in [1.82, 2.24) is 0 Å². The van der Waals surface area contributed by atoms with Crippen molar-refractivity contribution in [3.05, 3.63) is 12.7 Å². The molecular weight excluding hydrogens is 164 g/mol. The number of hydrogen-bond donors (Lipinski definition) is 0. The van der Waals surface area contributed by atoms with Gasteiger partial charge in [0.1, 0.15) is 6.29 Å². The van der Waals surface area contributed by atoms with E-state index in [1.54, 1.807) is 0 Å². The molecule has 0 radical (unpaired) electrons. The lowest BCUT2D eigenvalue weighted by Gasteiger charge is -2.38. The molecule has 0 aromatic carbocycles. The smallest absolute Gasteiger partial charge is 0.126 e. The van der Waals surface area contributed by atoms with Crippen LogP contribution in [0, 0.1) is 5.41 Å². The van der Waals surface area contributed by atoms with Crippen molar-refractivity contribution in [3.63, 3.8) is 0 Å². The van der Waals surface area contributed by atoms with Crippen LogP contribution in [0.15, 0.2) is 12.7 Å². The Bertz CT molecular complexity index is 188. The Morgan fingerprint density at radius 3 is 2.38 bits per heavy atom. The number of carbonyl (C=O) groups is 1. The molecule has 0 amide bonds. The quantitative estimate of drug-likeness (QED) is 0.494. The van der Waals surface area contributed by atoms with Crippen LogP contribution in [0.25, 0.3) is 0 Å². The van der Waals surface area contributed by atoms with Crippen molar-refractivity contribution in [2.24, 2.45) is 5.41 Å². The van der Waals surface area contributed by atoms with E-state index in [4.69, 9.17) is 4.74 Å². The zero-order chi connectivity index (χ0) is 9.90. The Kier molecular flexibility index (Phi) is 3.26. The van der Waals surface area contributed by atoms with Crippen LogP contribution in [0.1, 0.15) is 33.1 Å². The van der Waals surface area contributed by atoms with Gasteiger partial charge in [-0.2, -0.15) is 0 Å². The first-order chi connectivity index (χ1) is 6.12. The summed E-state index contributed by atoms with van der Waals surface area (Å²) in [6.07, 6.45) is 5.72. The van der Waals surface area contributed by atoms with Crippen molar-refractivity contribution in [3.8, 4) is 0 Å². The molecule has 0 aromatic heterocycles. The van der Waals surface area contributed by atoms with E-state index in [9.17, 15) is 4.79 Å². The monoisotopic (exact) mass is 182 g/mol. The number of ether oxygens (including phenoxy) is 1. The highest BCUT2D eigenvalue weighted by molar-refractivity contribution is 5.60. The van der Waals surface area contributed by atoms with Gasteiger partial charge >= 0.3 is 0 Å². The third-order valence-electron chi connectivity index (χ3n) is 2.65. The van der Waals surface area contributed by atoms with Crippen LogP contribution in [0.2, 0.25) is 0 Å². The molecule has 0 saturated carbocycles. The second-order valence-corrected chi connectivity index (χ2v) is 4.14. The van der Waals surface area contributed by atoms with Crippen LogP contribution in [0.3, 0.4) is 0 Å². The van der Waals surface area contributed by atoms with Crippen molar-refractivity contribution in [2.45, 2.75) is 45.3 Å². The molecule has 1 heterocycles. The fourth-order valence-electron chi connectivity index (χ4n) is 2.32. The van der Waals surface area contributed by atoms with Crippen LogP contribution in [-0.2, 0) is 9.53 Å². The molecule has 74 valence electrons. The molecule has 1 aliphatic heterocycles. The lowest BCUT2D eigenvalue weighted by Crippen LogP contribution is -2.39. The van der Waals surface area contributed by atoms with Crippen molar-refractivity contribution in [2.75, 3.05) is 0 Å². The fourth-order valence-corrected chi connectivity index (χ4v) is 2.32. The summed E-state index contributed by atoms with van der Waals surface area (Å²) in [7, 11) is 0. The van der Waals surface area contributed by atoms with Gasteiger partial charge in [0.25, 0.3) is 0 Å². The topological polar surface area (TPSA) is 26.3 Å². The van der Waals surface area contributed by atoms with Gasteiger partial charge in [0.15, 0.2) is 0 Å². The summed E-state index contributed by atoms with van der Waals surface area (Å²) in [5, 5.41) is 0. The molecule has 0 aliphatic carbocycles. The molecule has 2 heteroatoms. The molecule has 1 fully saturated rings. The molecule has 0 bridgehead atoms. The Hall–Kier alpha value is -0.630. The summed E-state index contributed by atoms with van der Waals surface area (Å²) in [5.41, 5.74) is -0.209. The number of carbonyl (C=O) groups excluding carboxylic acids is 1. The first-order valence-corrected chi connectivity index (χ1v) is 4.84. The molecule has 2 atom stereocenters. The highest BCUT2D eigenvalue weighted by Gasteiger charge is 2.37. The molecule has 0 spiro atoms. The van der Waals surface area contributed by atoms with Gasteiger partial charge in [-0.1, -0.05) is 6.08 Å². The van der Waals surface area contributed by atoms with Crippen molar-refractivity contribution < 1.29 is 9.53 Å². The minimum absolute atomic E-state index is 0.189. The van der Waals surface area contributed by atoms with Crippen molar-refractivity contribution >= 4 is 6.29 Å². The summed E-state index contributed by atoms with van der Waals surface area (Å²) in [5.74, 6) is 0. The van der Waals surface area contributed by atoms with Gasteiger partial charge in [-0.3, -0.25) is 0 Å². The maximum Gasteiger partial charge on any atom is 0.126 e. The first-order valence-electron chi connectivity index (χ1n) is 4.84. The second-order valence-electron chi connectivity index (χ2n) is 4.14. The van der Waals surface area contributed by atoms with E-state index >= 15 is 0 Å². The van der Waals surface area contributed by atoms with Crippen LogP contribution >= 0.6 is 0 Å². The van der Waals surface area contributed by atoms with E-state index in [1.807, 2.05) is 19.9 Å². The zero-order valence-corrected chi connectivity index (χ0v) is 8.45. The molecule has 1 saturated heterocycles. The molecule has 2 unspecified atom stereocenters. The largest absolute Gasteiger partial charge is 0.375 e. The Labute approximate surface area is 80.0 Å². The first kappa shape index (κ1) is 10.5. The van der Waals surface area contributed by atoms with Gasteiger partial charge in [0.2, 0.25) is 0 Å². The summed E-state index contributed by atoms with van der Waals surface area (Å²) < 4.78 is 5.60. The Morgan fingerprint density at radius 1 is 1.46 bits per heavy atom. The zero-order valence-electron chi connectivity index (χ0n) is 8.45. The van der Waals surface area contributed by atoms with Gasteiger partial charge in [0, 0.05) is 5.41 Å². The lowest BCUT2D eigenvalue weighted by molar-refractivity contribution is -0.131. The molecule has 0 aromatic rings. The standard InChI is InChI=1S/C11H18O2/c1-4-5-11(8-12)6-9(2)13-10(3)7-11/h4,8-10H,1,5-7H2,2-3H3. The van der Waals surface area contributed by atoms with E-state index in [-0.39, 0.29) is 17.6 Å². The van der Waals surface area contributed by atoms with Crippen LogP contribution in [-0.4, -0.2) is 18.5 Å². The summed E-state index contributed by atoms with van der Waals surface area (Å²) >= 11 is 0. The normalized spacial score (nSPS) is 39.8. The molecule has 13 heavy (non-hydrogen) atoms. The van der Waals surface area contributed by atoms with Gasteiger partial charge < -0.3 is 9.53 Å². The number of aldehydes is 1.